The molecule has 0 unspecified atom stereocenters. The third-order valence-corrected chi connectivity index (χ3v) is 3.65. The fraction of sp³-hybridized carbons (Fsp3) is 0.562. The van der Waals surface area contributed by atoms with Crippen molar-refractivity contribution < 1.29 is 19.4 Å². The van der Waals surface area contributed by atoms with Gasteiger partial charge >= 0.3 is 6.16 Å². The number of cyclic esters (lactones) is 2. The van der Waals surface area contributed by atoms with Crippen LogP contribution < -0.4 is 0 Å². The molecule has 0 aliphatic carbocycles. The first-order chi connectivity index (χ1) is 9.67. The fourth-order valence-corrected chi connectivity index (χ4v) is 2.43. The number of carbonyl (C=O) groups excluding carboxylic acids is 1. The first kappa shape index (κ1) is 14.7. The molecule has 1 fully saturated rings. The van der Waals surface area contributed by atoms with Gasteiger partial charge in [0.2, 0.25) is 0 Å². The van der Waals surface area contributed by atoms with Crippen LogP contribution in [0.15, 0.2) is 12.1 Å². The minimum Gasteiger partial charge on any atom is -0.507 e. The van der Waals surface area contributed by atoms with E-state index >= 15 is 0 Å². The van der Waals surface area contributed by atoms with Crippen molar-refractivity contribution in [3.8, 4) is 5.75 Å². The molecular formula is C16H22O4. The highest BCUT2D eigenvalue weighted by molar-refractivity contribution is 5.65. The summed E-state index contributed by atoms with van der Waals surface area (Å²) in [6.45, 7) is 4.28. The molecule has 2 rings (SSSR count). The van der Waals surface area contributed by atoms with E-state index in [0.717, 1.165) is 44.1 Å². The van der Waals surface area contributed by atoms with Crippen molar-refractivity contribution in [1.29, 1.82) is 0 Å². The third-order valence-electron chi connectivity index (χ3n) is 3.65. The Balaban J connectivity index is 2.25. The molecule has 20 heavy (non-hydrogen) atoms. The SMILES string of the molecule is CCCCc1ccc(C2OC(=O)O2)c(O)c1CCCC. The van der Waals surface area contributed by atoms with Crippen LogP contribution in [0.1, 0.15) is 62.5 Å². The van der Waals surface area contributed by atoms with Gasteiger partial charge in [-0.25, -0.2) is 4.79 Å². The first-order valence-electron chi connectivity index (χ1n) is 7.38. The van der Waals surface area contributed by atoms with Gasteiger partial charge in [-0.05, 0) is 42.9 Å². The molecule has 1 aliphatic heterocycles. The van der Waals surface area contributed by atoms with Gasteiger partial charge in [-0.2, -0.15) is 0 Å². The quantitative estimate of drug-likeness (QED) is 0.758. The maximum Gasteiger partial charge on any atom is 0.515 e. The van der Waals surface area contributed by atoms with Crippen LogP contribution in [0.3, 0.4) is 0 Å². The summed E-state index contributed by atoms with van der Waals surface area (Å²) in [6, 6.07) is 3.82. The Kier molecular flexibility index (Phi) is 4.88. The monoisotopic (exact) mass is 278 g/mol. The van der Waals surface area contributed by atoms with E-state index < -0.39 is 12.4 Å². The second-order valence-corrected chi connectivity index (χ2v) is 5.17. The number of aryl methyl sites for hydroxylation is 1. The molecule has 4 nitrogen and oxygen atoms in total. The topological polar surface area (TPSA) is 55.8 Å². The zero-order valence-corrected chi connectivity index (χ0v) is 12.1. The predicted octanol–water partition coefficient (Wildman–Crippen LogP) is 4.24. The van der Waals surface area contributed by atoms with E-state index in [9.17, 15) is 9.90 Å². The van der Waals surface area contributed by atoms with Gasteiger partial charge in [-0.1, -0.05) is 32.8 Å². The molecule has 0 saturated carbocycles. The van der Waals surface area contributed by atoms with E-state index in [1.165, 1.54) is 5.56 Å². The van der Waals surface area contributed by atoms with E-state index in [-0.39, 0.29) is 5.75 Å². The molecule has 1 aromatic rings. The molecule has 110 valence electrons. The fourth-order valence-electron chi connectivity index (χ4n) is 2.43. The third kappa shape index (κ3) is 3.06. The lowest BCUT2D eigenvalue weighted by atomic mass is 9.94. The maximum atomic E-state index is 10.7. The van der Waals surface area contributed by atoms with Crippen molar-refractivity contribution in [2.75, 3.05) is 0 Å². The van der Waals surface area contributed by atoms with E-state index in [2.05, 4.69) is 13.8 Å². The smallest absolute Gasteiger partial charge is 0.507 e. The van der Waals surface area contributed by atoms with Gasteiger partial charge in [0.15, 0.2) is 0 Å². The van der Waals surface area contributed by atoms with E-state index in [0.29, 0.717) is 5.56 Å². The largest absolute Gasteiger partial charge is 0.515 e. The Bertz CT molecular complexity index is 474. The summed E-state index contributed by atoms with van der Waals surface area (Å²) in [4.78, 5) is 10.7. The molecule has 0 atom stereocenters. The molecule has 1 heterocycles. The van der Waals surface area contributed by atoms with Gasteiger partial charge in [-0.3, -0.25) is 0 Å². The lowest BCUT2D eigenvalue weighted by Crippen LogP contribution is -2.27. The minimum atomic E-state index is -0.747. The number of unbranched alkanes of at least 4 members (excludes halogenated alkanes) is 2. The number of rotatable bonds is 7. The van der Waals surface area contributed by atoms with Crippen LogP contribution in [0.2, 0.25) is 0 Å². The summed E-state index contributed by atoms with van der Waals surface area (Å²) in [6.07, 6.45) is 4.71. The van der Waals surface area contributed by atoms with Crippen LogP contribution in [0.5, 0.6) is 5.75 Å². The lowest BCUT2D eigenvalue weighted by Gasteiger charge is -2.27. The summed E-state index contributed by atoms with van der Waals surface area (Å²) < 4.78 is 9.73. The Labute approximate surface area is 119 Å². The number of hydrogen-bond acceptors (Lipinski definition) is 4. The van der Waals surface area contributed by atoms with Gasteiger partial charge in [0.05, 0.1) is 5.56 Å². The van der Waals surface area contributed by atoms with Crippen LogP contribution >= 0.6 is 0 Å². The predicted molar refractivity (Wildman–Crippen MR) is 75.6 cm³/mol. The number of carbonyl (C=O) groups is 1. The number of ether oxygens (including phenoxy) is 2. The highest BCUT2D eigenvalue weighted by atomic mass is 16.9. The molecule has 1 saturated heterocycles. The molecule has 0 amide bonds. The van der Waals surface area contributed by atoms with Crippen molar-refractivity contribution in [3.63, 3.8) is 0 Å². The average Bonchev–Trinajstić information content (AvgIpc) is 2.41. The number of hydrogen-bond donors (Lipinski definition) is 1. The molecule has 0 spiro atoms. The lowest BCUT2D eigenvalue weighted by molar-refractivity contribution is -0.187. The molecule has 1 aliphatic rings. The number of benzene rings is 1. The molecule has 1 N–H and O–H groups in total. The van der Waals surface area contributed by atoms with Gasteiger partial charge in [0.1, 0.15) is 5.75 Å². The van der Waals surface area contributed by atoms with Crippen molar-refractivity contribution in [1.82, 2.24) is 0 Å². The van der Waals surface area contributed by atoms with E-state index in [4.69, 9.17) is 9.47 Å². The van der Waals surface area contributed by atoms with Crippen LogP contribution in [-0.4, -0.2) is 11.3 Å². The Morgan fingerprint density at radius 1 is 1.10 bits per heavy atom. The summed E-state index contributed by atoms with van der Waals surface area (Å²) in [5.74, 6) is 0.226. The van der Waals surface area contributed by atoms with Gasteiger partial charge in [0.25, 0.3) is 6.29 Å². The second kappa shape index (κ2) is 6.64. The summed E-state index contributed by atoms with van der Waals surface area (Å²) in [5, 5.41) is 10.4. The minimum absolute atomic E-state index is 0.226. The molecule has 1 aromatic carbocycles. The maximum absolute atomic E-state index is 10.7. The summed E-state index contributed by atoms with van der Waals surface area (Å²) in [5.41, 5.74) is 2.72. The Morgan fingerprint density at radius 3 is 2.35 bits per heavy atom. The summed E-state index contributed by atoms with van der Waals surface area (Å²) in [7, 11) is 0. The van der Waals surface area contributed by atoms with Gasteiger partial charge in [0, 0.05) is 0 Å². The molecular weight excluding hydrogens is 256 g/mol. The van der Waals surface area contributed by atoms with Crippen molar-refractivity contribution in [3.05, 3.63) is 28.8 Å². The zero-order chi connectivity index (χ0) is 14.5. The number of aromatic hydroxyl groups is 1. The van der Waals surface area contributed by atoms with Crippen LogP contribution in [0, 0.1) is 0 Å². The van der Waals surface area contributed by atoms with Crippen LogP contribution in [0.25, 0.3) is 0 Å². The van der Waals surface area contributed by atoms with Crippen molar-refractivity contribution >= 4 is 6.16 Å². The van der Waals surface area contributed by atoms with Gasteiger partial charge in [-0.15, -0.1) is 0 Å². The number of phenolic OH excluding ortho intramolecular Hbond substituents is 1. The summed E-state index contributed by atoms with van der Waals surface area (Å²) >= 11 is 0. The first-order valence-corrected chi connectivity index (χ1v) is 7.38. The molecule has 4 heteroatoms. The van der Waals surface area contributed by atoms with Gasteiger partial charge < -0.3 is 14.6 Å². The van der Waals surface area contributed by atoms with Crippen LogP contribution in [0.4, 0.5) is 4.79 Å². The standard InChI is InChI=1S/C16H22O4/c1-3-5-7-11-9-10-13(15-19-16(18)20-15)14(17)12(11)8-6-4-2/h9-10,15,17H,3-8H2,1-2H3. The highest BCUT2D eigenvalue weighted by Crippen LogP contribution is 2.38. The molecule has 0 bridgehead atoms. The van der Waals surface area contributed by atoms with E-state index in [1.807, 2.05) is 6.07 Å². The zero-order valence-electron chi connectivity index (χ0n) is 12.1. The Morgan fingerprint density at radius 2 is 1.75 bits per heavy atom. The normalized spacial score (nSPS) is 14.6. The van der Waals surface area contributed by atoms with Crippen LogP contribution in [-0.2, 0) is 22.3 Å². The highest BCUT2D eigenvalue weighted by Gasteiger charge is 2.34. The van der Waals surface area contributed by atoms with Crippen molar-refractivity contribution in [2.45, 2.75) is 58.7 Å². The average molecular weight is 278 g/mol. The van der Waals surface area contributed by atoms with Crippen molar-refractivity contribution in [2.24, 2.45) is 0 Å². The molecule has 0 aromatic heterocycles. The van der Waals surface area contributed by atoms with E-state index in [1.54, 1.807) is 6.07 Å². The molecule has 0 radical (unpaired) electrons. The number of phenols is 1. The Hall–Kier alpha value is -1.71. The second-order valence-electron chi connectivity index (χ2n) is 5.17.